The third-order valence-corrected chi connectivity index (χ3v) is 2.38. The molecule has 0 bridgehead atoms. The standard InChI is InChI=1S/C11H9F7O/c12-6-1-2-8(11(16,17)18)7(5-6)9(19)3-4-10(13,14)15/h1-2,5,9,19H,3-4H2. The Morgan fingerprint density at radius 1 is 1.05 bits per heavy atom. The predicted molar refractivity (Wildman–Crippen MR) is 51.7 cm³/mol. The maximum Gasteiger partial charge on any atom is 0.416 e. The average molecular weight is 290 g/mol. The molecule has 1 atom stereocenters. The highest BCUT2D eigenvalue weighted by Crippen LogP contribution is 2.37. The van der Waals surface area contributed by atoms with Crippen molar-refractivity contribution in [2.24, 2.45) is 0 Å². The summed E-state index contributed by atoms with van der Waals surface area (Å²) in [5.41, 5.74) is -2.24. The second kappa shape index (κ2) is 5.36. The van der Waals surface area contributed by atoms with Gasteiger partial charge in [-0.3, -0.25) is 0 Å². The van der Waals surface area contributed by atoms with Crippen LogP contribution in [0.25, 0.3) is 0 Å². The third kappa shape index (κ3) is 4.70. The Bertz CT molecular complexity index is 436. The summed E-state index contributed by atoms with van der Waals surface area (Å²) in [5.74, 6) is -1.06. The molecule has 0 saturated carbocycles. The molecule has 0 amide bonds. The first-order valence-corrected chi connectivity index (χ1v) is 5.12. The zero-order valence-corrected chi connectivity index (χ0v) is 9.32. The first-order chi connectivity index (χ1) is 8.50. The van der Waals surface area contributed by atoms with Crippen molar-refractivity contribution in [1.82, 2.24) is 0 Å². The number of hydrogen-bond donors (Lipinski definition) is 1. The number of rotatable bonds is 3. The lowest BCUT2D eigenvalue weighted by Crippen LogP contribution is -2.15. The largest absolute Gasteiger partial charge is 0.416 e. The van der Waals surface area contributed by atoms with Crippen molar-refractivity contribution in [1.29, 1.82) is 0 Å². The molecule has 1 unspecified atom stereocenters. The van der Waals surface area contributed by atoms with Crippen LogP contribution in [0, 0.1) is 5.82 Å². The molecule has 1 nitrogen and oxygen atoms in total. The number of benzene rings is 1. The van der Waals surface area contributed by atoms with Gasteiger partial charge in [-0.25, -0.2) is 4.39 Å². The Balaban J connectivity index is 3.01. The minimum Gasteiger partial charge on any atom is -0.388 e. The number of halogens is 7. The van der Waals surface area contributed by atoms with E-state index in [2.05, 4.69) is 0 Å². The maximum atomic E-state index is 12.9. The maximum absolute atomic E-state index is 12.9. The summed E-state index contributed by atoms with van der Waals surface area (Å²) in [5, 5.41) is 9.39. The van der Waals surface area contributed by atoms with Crippen molar-refractivity contribution in [3.8, 4) is 0 Å². The van der Waals surface area contributed by atoms with E-state index in [1.807, 2.05) is 0 Å². The zero-order chi connectivity index (χ0) is 14.8. The second-order valence-electron chi connectivity index (χ2n) is 3.90. The van der Waals surface area contributed by atoms with E-state index in [4.69, 9.17) is 0 Å². The minimum absolute atomic E-state index is 0.390. The van der Waals surface area contributed by atoms with Crippen LogP contribution in [0.15, 0.2) is 18.2 Å². The van der Waals surface area contributed by atoms with Gasteiger partial charge in [-0.05, 0) is 30.2 Å². The van der Waals surface area contributed by atoms with Gasteiger partial charge in [0.05, 0.1) is 11.7 Å². The predicted octanol–water partition coefficient (Wildman–Crippen LogP) is 4.22. The Kier molecular flexibility index (Phi) is 4.44. The molecular weight excluding hydrogens is 281 g/mol. The molecule has 1 aromatic carbocycles. The molecule has 0 spiro atoms. The molecule has 108 valence electrons. The van der Waals surface area contributed by atoms with Gasteiger partial charge in [-0.1, -0.05) is 0 Å². The summed E-state index contributed by atoms with van der Waals surface area (Å²) in [6, 6.07) is 1.31. The van der Waals surface area contributed by atoms with E-state index in [-0.39, 0.29) is 0 Å². The van der Waals surface area contributed by atoms with E-state index in [9.17, 15) is 35.8 Å². The Labute approximate surface area is 103 Å². The van der Waals surface area contributed by atoms with Crippen LogP contribution >= 0.6 is 0 Å². The highest BCUT2D eigenvalue weighted by molar-refractivity contribution is 5.32. The van der Waals surface area contributed by atoms with Crippen molar-refractivity contribution >= 4 is 0 Å². The van der Waals surface area contributed by atoms with E-state index < -0.39 is 48.2 Å². The second-order valence-corrected chi connectivity index (χ2v) is 3.90. The minimum atomic E-state index is -4.87. The monoisotopic (exact) mass is 290 g/mol. The molecule has 0 aliphatic carbocycles. The van der Waals surface area contributed by atoms with Gasteiger partial charge in [0.25, 0.3) is 0 Å². The van der Waals surface area contributed by atoms with Crippen molar-refractivity contribution in [3.05, 3.63) is 35.1 Å². The van der Waals surface area contributed by atoms with Gasteiger partial charge < -0.3 is 5.11 Å². The van der Waals surface area contributed by atoms with E-state index in [0.717, 1.165) is 0 Å². The van der Waals surface area contributed by atoms with Gasteiger partial charge in [0.15, 0.2) is 0 Å². The fourth-order valence-corrected chi connectivity index (χ4v) is 1.52. The van der Waals surface area contributed by atoms with E-state index >= 15 is 0 Å². The average Bonchev–Trinajstić information content (AvgIpc) is 2.23. The third-order valence-electron chi connectivity index (χ3n) is 2.38. The van der Waals surface area contributed by atoms with Crippen LogP contribution in [-0.2, 0) is 6.18 Å². The van der Waals surface area contributed by atoms with Gasteiger partial charge >= 0.3 is 12.4 Å². The lowest BCUT2D eigenvalue weighted by atomic mass is 9.98. The van der Waals surface area contributed by atoms with Gasteiger partial charge in [0, 0.05) is 6.42 Å². The molecule has 8 heteroatoms. The van der Waals surface area contributed by atoms with E-state index in [0.29, 0.717) is 18.2 Å². The van der Waals surface area contributed by atoms with Crippen LogP contribution in [0.2, 0.25) is 0 Å². The lowest BCUT2D eigenvalue weighted by molar-refractivity contribution is -0.143. The molecule has 0 heterocycles. The Morgan fingerprint density at radius 3 is 2.11 bits per heavy atom. The molecule has 1 aromatic rings. The summed E-state index contributed by atoms with van der Waals surface area (Å²) >= 11 is 0. The fraction of sp³-hybridized carbons (Fsp3) is 0.455. The molecule has 1 N–H and O–H groups in total. The highest BCUT2D eigenvalue weighted by Gasteiger charge is 2.36. The van der Waals surface area contributed by atoms with Crippen LogP contribution in [0.5, 0.6) is 0 Å². The van der Waals surface area contributed by atoms with Gasteiger partial charge in [0.2, 0.25) is 0 Å². The topological polar surface area (TPSA) is 20.2 Å². The smallest absolute Gasteiger partial charge is 0.388 e. The van der Waals surface area contributed by atoms with Crippen molar-refractivity contribution in [2.45, 2.75) is 31.3 Å². The van der Waals surface area contributed by atoms with Crippen molar-refractivity contribution < 1.29 is 35.8 Å². The molecule has 0 fully saturated rings. The van der Waals surface area contributed by atoms with Crippen molar-refractivity contribution in [3.63, 3.8) is 0 Å². The molecule has 19 heavy (non-hydrogen) atoms. The summed E-state index contributed by atoms with van der Waals surface area (Å²) in [4.78, 5) is 0. The van der Waals surface area contributed by atoms with Crippen LogP contribution in [0.4, 0.5) is 30.7 Å². The van der Waals surface area contributed by atoms with Crippen LogP contribution < -0.4 is 0 Å². The molecule has 0 aliphatic heterocycles. The fourth-order valence-electron chi connectivity index (χ4n) is 1.52. The van der Waals surface area contributed by atoms with Crippen LogP contribution in [0.3, 0.4) is 0 Å². The van der Waals surface area contributed by atoms with E-state index in [1.165, 1.54) is 0 Å². The quantitative estimate of drug-likeness (QED) is 0.826. The summed E-state index contributed by atoms with van der Waals surface area (Å²) in [6.07, 6.45) is -13.9. The first-order valence-electron chi connectivity index (χ1n) is 5.12. The number of aliphatic hydroxyl groups is 1. The first kappa shape index (κ1) is 15.7. The summed E-state index contributed by atoms with van der Waals surface area (Å²) in [6.45, 7) is 0. The summed E-state index contributed by atoms with van der Waals surface area (Å²) in [7, 11) is 0. The van der Waals surface area contributed by atoms with E-state index in [1.54, 1.807) is 0 Å². The van der Waals surface area contributed by atoms with Gasteiger partial charge in [0.1, 0.15) is 5.82 Å². The number of hydrogen-bond acceptors (Lipinski definition) is 1. The molecule has 1 rings (SSSR count). The molecule has 0 aliphatic rings. The lowest BCUT2D eigenvalue weighted by Gasteiger charge is -2.18. The Morgan fingerprint density at radius 2 is 1.63 bits per heavy atom. The van der Waals surface area contributed by atoms with Crippen LogP contribution in [-0.4, -0.2) is 11.3 Å². The van der Waals surface area contributed by atoms with Crippen LogP contribution in [0.1, 0.15) is 30.1 Å². The van der Waals surface area contributed by atoms with Gasteiger partial charge in [-0.2, -0.15) is 26.3 Å². The molecule has 0 aromatic heterocycles. The molecule has 0 radical (unpaired) electrons. The summed E-state index contributed by atoms with van der Waals surface area (Å²) < 4.78 is 86.4. The zero-order valence-electron chi connectivity index (χ0n) is 9.32. The number of aliphatic hydroxyl groups excluding tert-OH is 1. The number of alkyl halides is 6. The molecule has 0 saturated heterocycles. The molecular formula is C11H9F7O. The highest BCUT2D eigenvalue weighted by atomic mass is 19.4. The van der Waals surface area contributed by atoms with Crippen molar-refractivity contribution in [2.75, 3.05) is 0 Å². The normalized spacial score (nSPS) is 14.5. The Hall–Kier alpha value is -1.31. The van der Waals surface area contributed by atoms with Gasteiger partial charge in [-0.15, -0.1) is 0 Å². The SMILES string of the molecule is OC(CCC(F)(F)F)c1cc(F)ccc1C(F)(F)F.